The Morgan fingerprint density at radius 3 is 2.42 bits per heavy atom. The zero-order valence-electron chi connectivity index (χ0n) is 25.1. The first-order chi connectivity index (χ1) is 20.6. The highest BCUT2D eigenvalue weighted by Crippen LogP contribution is 2.31. The monoisotopic (exact) mass is 608 g/mol. The van der Waals surface area contributed by atoms with Crippen LogP contribution in [0.2, 0.25) is 5.02 Å². The van der Waals surface area contributed by atoms with E-state index in [2.05, 4.69) is 5.48 Å². The third kappa shape index (κ3) is 9.99. The van der Waals surface area contributed by atoms with E-state index in [0.29, 0.717) is 21.9 Å². The third-order valence-electron chi connectivity index (χ3n) is 7.08. The van der Waals surface area contributed by atoms with E-state index in [9.17, 15) is 14.7 Å². The Morgan fingerprint density at radius 2 is 1.72 bits per heavy atom. The van der Waals surface area contributed by atoms with Crippen molar-refractivity contribution in [2.75, 3.05) is 19.6 Å². The fourth-order valence-electron chi connectivity index (χ4n) is 4.92. The van der Waals surface area contributed by atoms with E-state index in [4.69, 9.17) is 25.9 Å². The van der Waals surface area contributed by atoms with E-state index in [1.54, 1.807) is 51.1 Å². The molecule has 8 nitrogen and oxygen atoms in total. The second kappa shape index (κ2) is 15.2. The summed E-state index contributed by atoms with van der Waals surface area (Å²) in [5.74, 6) is -0.103. The molecule has 0 aliphatic heterocycles. The number of halogens is 1. The molecule has 1 saturated carbocycles. The highest BCUT2D eigenvalue weighted by molar-refractivity contribution is 6.30. The minimum absolute atomic E-state index is 0.0365. The van der Waals surface area contributed by atoms with Crippen molar-refractivity contribution in [1.29, 1.82) is 0 Å². The van der Waals surface area contributed by atoms with Gasteiger partial charge in [0, 0.05) is 18.1 Å². The maximum absolute atomic E-state index is 13.2. The first-order valence-corrected chi connectivity index (χ1v) is 15.2. The van der Waals surface area contributed by atoms with Gasteiger partial charge in [0.25, 0.3) is 0 Å². The van der Waals surface area contributed by atoms with Crippen LogP contribution in [-0.4, -0.2) is 53.4 Å². The number of benzene rings is 3. The molecule has 2 N–H and O–H groups in total. The molecule has 0 unspecified atom stereocenters. The van der Waals surface area contributed by atoms with E-state index >= 15 is 0 Å². The van der Waals surface area contributed by atoms with Crippen molar-refractivity contribution in [2.24, 2.45) is 0 Å². The Labute approximate surface area is 258 Å². The number of amides is 1. The maximum Gasteiger partial charge on any atom is 0.410 e. The summed E-state index contributed by atoms with van der Waals surface area (Å²) in [6, 6.07) is 22.2. The Bertz CT molecular complexity index is 1350. The van der Waals surface area contributed by atoms with Crippen molar-refractivity contribution in [2.45, 2.75) is 70.7 Å². The van der Waals surface area contributed by atoms with Crippen LogP contribution in [0.1, 0.15) is 74.9 Å². The Balaban J connectivity index is 1.41. The van der Waals surface area contributed by atoms with Gasteiger partial charge in [-0.3, -0.25) is 0 Å². The van der Waals surface area contributed by atoms with E-state index in [0.717, 1.165) is 36.8 Å². The van der Waals surface area contributed by atoms with Crippen LogP contribution in [0, 0.1) is 0 Å². The number of aliphatic hydroxyl groups excluding tert-OH is 1. The van der Waals surface area contributed by atoms with Crippen LogP contribution in [0.4, 0.5) is 4.79 Å². The zero-order valence-corrected chi connectivity index (χ0v) is 25.8. The van der Waals surface area contributed by atoms with Crippen LogP contribution >= 0.6 is 11.6 Å². The van der Waals surface area contributed by atoms with Crippen LogP contribution in [0.3, 0.4) is 0 Å². The molecule has 4 rings (SSSR count). The smallest absolute Gasteiger partial charge is 0.410 e. The number of carbonyl (C=O) groups is 2. The summed E-state index contributed by atoms with van der Waals surface area (Å²) in [5, 5.41) is 11.3. The van der Waals surface area contributed by atoms with Crippen molar-refractivity contribution in [3.05, 3.63) is 88.9 Å². The van der Waals surface area contributed by atoms with Gasteiger partial charge in [-0.2, -0.15) is 5.48 Å². The van der Waals surface area contributed by atoms with Crippen LogP contribution in [0.25, 0.3) is 11.1 Å². The number of ether oxygens (including phenoxy) is 2. The highest BCUT2D eigenvalue weighted by atomic mass is 35.5. The number of hydrogen-bond acceptors (Lipinski definition) is 7. The lowest BCUT2D eigenvalue weighted by Crippen LogP contribution is -2.42. The number of aliphatic hydroxyl groups is 1. The average molecular weight is 609 g/mol. The largest absolute Gasteiger partial charge is 0.490 e. The highest BCUT2D eigenvalue weighted by Gasteiger charge is 2.25. The van der Waals surface area contributed by atoms with Gasteiger partial charge in [-0.25, -0.2) is 9.59 Å². The molecule has 0 heterocycles. The van der Waals surface area contributed by atoms with Gasteiger partial charge < -0.3 is 24.3 Å². The summed E-state index contributed by atoms with van der Waals surface area (Å²) >= 11 is 6.08. The quantitative estimate of drug-likeness (QED) is 0.173. The van der Waals surface area contributed by atoms with Gasteiger partial charge in [0.2, 0.25) is 0 Å². The molecular formula is C34H41ClN2O6. The molecule has 1 aliphatic carbocycles. The van der Waals surface area contributed by atoms with Crippen molar-refractivity contribution < 1.29 is 29.0 Å². The fourth-order valence-corrected chi connectivity index (χ4v) is 5.12. The van der Waals surface area contributed by atoms with Gasteiger partial charge in [-0.05, 0) is 87.4 Å². The molecule has 0 bridgehead atoms. The van der Waals surface area contributed by atoms with Crippen molar-refractivity contribution >= 4 is 23.7 Å². The molecule has 3 aromatic rings. The predicted molar refractivity (Wildman–Crippen MR) is 167 cm³/mol. The van der Waals surface area contributed by atoms with E-state index in [1.165, 1.54) is 11.3 Å². The number of carbonyl (C=O) groups excluding carboxylic acids is 2. The number of nitrogens with one attached hydrogen (secondary N) is 1. The number of hydrogen-bond donors (Lipinski definition) is 2. The first-order valence-electron chi connectivity index (χ1n) is 14.8. The van der Waals surface area contributed by atoms with Gasteiger partial charge in [0.15, 0.2) is 0 Å². The average Bonchev–Trinajstić information content (AvgIpc) is 2.98. The standard InChI is InChI=1S/C34H41ClN2O6/c1-34(2,3)42-33(40)37(23-30(38)26-13-10-14-27(35)21-26)20-19-36-43-32(39)29-18-17-25(24-11-6-4-7-12-24)22-31(29)41-28-15-8-5-9-16-28/h4,6-7,10-14,17-18,21-22,28,30,36,38H,5,8-9,15-16,19-20,23H2,1-3H3/t30-/m0/s1. The minimum atomic E-state index is -0.989. The molecule has 0 aromatic heterocycles. The van der Waals surface area contributed by atoms with Crippen LogP contribution in [0.5, 0.6) is 5.75 Å². The molecule has 9 heteroatoms. The minimum Gasteiger partial charge on any atom is -0.490 e. The normalized spacial score (nSPS) is 14.5. The molecule has 1 atom stereocenters. The molecule has 0 saturated heterocycles. The molecular weight excluding hydrogens is 568 g/mol. The van der Waals surface area contributed by atoms with Crippen molar-refractivity contribution in [1.82, 2.24) is 10.4 Å². The SMILES string of the molecule is CC(C)(C)OC(=O)N(CCNOC(=O)c1ccc(-c2ccccc2)cc1OC1CCCCC1)C[C@H](O)c1cccc(Cl)c1. The van der Waals surface area contributed by atoms with Crippen LogP contribution < -0.4 is 10.2 Å². The van der Waals surface area contributed by atoms with Gasteiger partial charge >= 0.3 is 12.1 Å². The molecule has 1 aliphatic rings. The molecule has 1 fully saturated rings. The topological polar surface area (TPSA) is 97.3 Å². The second-order valence-corrected chi connectivity index (χ2v) is 12.2. The van der Waals surface area contributed by atoms with Crippen LogP contribution in [-0.2, 0) is 9.57 Å². The second-order valence-electron chi connectivity index (χ2n) is 11.7. The summed E-state index contributed by atoms with van der Waals surface area (Å²) < 4.78 is 11.9. The third-order valence-corrected chi connectivity index (χ3v) is 7.32. The number of rotatable bonds is 11. The van der Waals surface area contributed by atoms with Gasteiger partial charge in [-0.1, -0.05) is 66.6 Å². The summed E-state index contributed by atoms with van der Waals surface area (Å²) in [7, 11) is 0. The maximum atomic E-state index is 13.2. The Kier molecular flexibility index (Phi) is 11.4. The Morgan fingerprint density at radius 1 is 0.977 bits per heavy atom. The van der Waals surface area contributed by atoms with Gasteiger partial charge in [0.05, 0.1) is 18.8 Å². The first kappa shape index (κ1) is 32.3. The van der Waals surface area contributed by atoms with E-state index in [1.807, 2.05) is 42.5 Å². The lowest BCUT2D eigenvalue weighted by atomic mass is 9.97. The van der Waals surface area contributed by atoms with E-state index < -0.39 is 23.8 Å². The van der Waals surface area contributed by atoms with Gasteiger partial charge in [-0.15, -0.1) is 0 Å². The molecule has 1 amide bonds. The molecule has 230 valence electrons. The van der Waals surface area contributed by atoms with Crippen LogP contribution in [0.15, 0.2) is 72.8 Å². The number of hydroxylamine groups is 1. The summed E-state index contributed by atoms with van der Waals surface area (Å²) in [4.78, 5) is 32.9. The Hall–Kier alpha value is -3.59. The summed E-state index contributed by atoms with van der Waals surface area (Å²) in [6.45, 7) is 5.49. The lowest BCUT2D eigenvalue weighted by Gasteiger charge is -2.29. The van der Waals surface area contributed by atoms with Gasteiger partial charge in [0.1, 0.15) is 16.9 Å². The fraction of sp³-hybridized carbons (Fsp3) is 0.412. The summed E-state index contributed by atoms with van der Waals surface area (Å²) in [5.41, 5.74) is 4.81. The molecule has 3 aromatic carbocycles. The predicted octanol–water partition coefficient (Wildman–Crippen LogP) is 7.35. The summed E-state index contributed by atoms with van der Waals surface area (Å²) in [6.07, 6.45) is 3.76. The molecule has 0 radical (unpaired) electrons. The number of nitrogens with zero attached hydrogens (tertiary/aromatic N) is 1. The lowest BCUT2D eigenvalue weighted by molar-refractivity contribution is 0.00703. The molecule has 0 spiro atoms. The van der Waals surface area contributed by atoms with Crippen molar-refractivity contribution in [3.63, 3.8) is 0 Å². The van der Waals surface area contributed by atoms with E-state index in [-0.39, 0.29) is 25.7 Å². The zero-order chi connectivity index (χ0) is 30.8. The van der Waals surface area contributed by atoms with Crippen molar-refractivity contribution in [3.8, 4) is 16.9 Å². The molecule has 43 heavy (non-hydrogen) atoms.